The summed E-state index contributed by atoms with van der Waals surface area (Å²) in [5.74, 6) is 0.786. The zero-order chi connectivity index (χ0) is 15.5. The van der Waals surface area contributed by atoms with E-state index in [9.17, 15) is 0 Å². The van der Waals surface area contributed by atoms with E-state index >= 15 is 0 Å². The summed E-state index contributed by atoms with van der Waals surface area (Å²) < 4.78 is 1.99. The third kappa shape index (κ3) is 3.03. The van der Waals surface area contributed by atoms with Crippen LogP contribution in [0.3, 0.4) is 0 Å². The first-order valence-corrected chi connectivity index (χ1v) is 8.28. The first kappa shape index (κ1) is 15.1. The number of aromatic nitrogens is 3. The summed E-state index contributed by atoms with van der Waals surface area (Å²) in [4.78, 5) is 0. The molecule has 0 saturated heterocycles. The van der Waals surface area contributed by atoms with Crippen LogP contribution in [-0.4, -0.2) is 14.8 Å². The summed E-state index contributed by atoms with van der Waals surface area (Å²) in [5.41, 5.74) is 2.17. The predicted molar refractivity (Wildman–Crippen MR) is 92.2 cm³/mol. The number of hydrogen-bond donors (Lipinski definition) is 0. The lowest BCUT2D eigenvalue weighted by atomic mass is 10.2. The third-order valence-electron chi connectivity index (χ3n) is 3.50. The lowest BCUT2D eigenvalue weighted by molar-refractivity contribution is 0.790. The summed E-state index contributed by atoms with van der Waals surface area (Å²) >= 11 is 7.94. The quantitative estimate of drug-likeness (QED) is 0.632. The molecule has 22 heavy (non-hydrogen) atoms. The Hall–Kier alpha value is -1.78. The molecule has 1 atom stereocenters. The van der Waals surface area contributed by atoms with Crippen LogP contribution in [0.25, 0.3) is 11.4 Å². The fourth-order valence-corrected chi connectivity index (χ4v) is 3.41. The molecule has 3 nitrogen and oxygen atoms in total. The molecule has 0 aliphatic heterocycles. The highest BCUT2D eigenvalue weighted by Gasteiger charge is 2.16. The van der Waals surface area contributed by atoms with Gasteiger partial charge in [0.2, 0.25) is 0 Å². The molecule has 3 aromatic rings. The number of rotatable bonds is 4. The zero-order valence-electron chi connectivity index (χ0n) is 12.4. The van der Waals surface area contributed by atoms with Crippen LogP contribution in [-0.2, 0) is 7.05 Å². The molecular formula is C17H16ClN3S. The molecule has 0 amide bonds. The van der Waals surface area contributed by atoms with Gasteiger partial charge in [-0.05, 0) is 24.6 Å². The minimum atomic E-state index is 0.309. The van der Waals surface area contributed by atoms with Crippen molar-refractivity contribution in [3.05, 3.63) is 65.2 Å². The van der Waals surface area contributed by atoms with Gasteiger partial charge in [0, 0.05) is 17.9 Å². The molecule has 3 rings (SSSR count). The van der Waals surface area contributed by atoms with E-state index in [1.807, 2.05) is 41.9 Å². The van der Waals surface area contributed by atoms with Gasteiger partial charge in [0.15, 0.2) is 11.0 Å². The van der Waals surface area contributed by atoms with E-state index in [2.05, 4.69) is 41.4 Å². The first-order chi connectivity index (χ1) is 10.7. The molecule has 2 aromatic carbocycles. The van der Waals surface area contributed by atoms with Gasteiger partial charge in [-0.15, -0.1) is 10.2 Å². The molecule has 0 unspecified atom stereocenters. The zero-order valence-corrected chi connectivity index (χ0v) is 14.0. The molecule has 112 valence electrons. The van der Waals surface area contributed by atoms with Crippen molar-refractivity contribution >= 4 is 23.4 Å². The minimum Gasteiger partial charge on any atom is -0.305 e. The van der Waals surface area contributed by atoms with Crippen molar-refractivity contribution in [3.8, 4) is 11.4 Å². The van der Waals surface area contributed by atoms with Crippen molar-refractivity contribution in [2.75, 3.05) is 0 Å². The number of nitrogens with zero attached hydrogens (tertiary/aromatic N) is 3. The number of hydrogen-bond acceptors (Lipinski definition) is 3. The van der Waals surface area contributed by atoms with E-state index in [0.717, 1.165) is 16.5 Å². The van der Waals surface area contributed by atoms with Gasteiger partial charge in [0.1, 0.15) is 0 Å². The van der Waals surface area contributed by atoms with Crippen molar-refractivity contribution in [2.45, 2.75) is 17.3 Å². The molecule has 0 spiro atoms. The van der Waals surface area contributed by atoms with Crippen LogP contribution in [0, 0.1) is 0 Å². The number of thioether (sulfide) groups is 1. The molecule has 1 heterocycles. The van der Waals surface area contributed by atoms with Crippen molar-refractivity contribution < 1.29 is 0 Å². The Morgan fingerprint density at radius 1 is 1.00 bits per heavy atom. The topological polar surface area (TPSA) is 30.7 Å². The highest BCUT2D eigenvalue weighted by Crippen LogP contribution is 2.35. The van der Waals surface area contributed by atoms with E-state index in [1.54, 1.807) is 11.8 Å². The van der Waals surface area contributed by atoms with Gasteiger partial charge in [-0.25, -0.2) is 0 Å². The summed E-state index contributed by atoms with van der Waals surface area (Å²) in [5, 5.41) is 10.5. The maximum Gasteiger partial charge on any atom is 0.191 e. The maximum absolute atomic E-state index is 6.25. The third-order valence-corrected chi connectivity index (χ3v) is 5.02. The van der Waals surface area contributed by atoms with Gasteiger partial charge in [0.05, 0.1) is 5.02 Å². The average molecular weight is 330 g/mol. The van der Waals surface area contributed by atoms with Crippen molar-refractivity contribution in [1.29, 1.82) is 0 Å². The Bertz CT molecular complexity index is 771. The van der Waals surface area contributed by atoms with Crippen molar-refractivity contribution in [3.63, 3.8) is 0 Å². The first-order valence-electron chi connectivity index (χ1n) is 7.02. The Morgan fingerprint density at radius 3 is 2.41 bits per heavy atom. The fraction of sp³-hybridized carbons (Fsp3) is 0.176. The van der Waals surface area contributed by atoms with E-state index in [0.29, 0.717) is 10.3 Å². The highest BCUT2D eigenvalue weighted by molar-refractivity contribution is 7.99. The van der Waals surface area contributed by atoms with Gasteiger partial charge in [-0.3, -0.25) is 0 Å². The van der Waals surface area contributed by atoms with Crippen LogP contribution in [0.1, 0.15) is 17.7 Å². The number of benzene rings is 2. The van der Waals surface area contributed by atoms with E-state index in [4.69, 9.17) is 11.6 Å². The molecule has 0 bridgehead atoms. The highest BCUT2D eigenvalue weighted by atomic mass is 35.5. The SMILES string of the molecule is C[C@@H](Sc1nnc(-c2ccccc2Cl)n1C)c1ccccc1. The molecular weight excluding hydrogens is 314 g/mol. The van der Waals surface area contributed by atoms with Gasteiger partial charge >= 0.3 is 0 Å². The molecule has 0 aliphatic carbocycles. The lowest BCUT2D eigenvalue weighted by Crippen LogP contribution is -1.97. The van der Waals surface area contributed by atoms with Crippen LogP contribution >= 0.6 is 23.4 Å². The molecule has 1 aromatic heterocycles. The van der Waals surface area contributed by atoms with Crippen LogP contribution in [0.15, 0.2) is 59.8 Å². The predicted octanol–water partition coefficient (Wildman–Crippen LogP) is 4.99. The van der Waals surface area contributed by atoms with Gasteiger partial charge in [0.25, 0.3) is 0 Å². The Morgan fingerprint density at radius 2 is 1.68 bits per heavy atom. The second-order valence-corrected chi connectivity index (χ2v) is 6.73. The Labute approximate surface area is 139 Å². The van der Waals surface area contributed by atoms with Crippen LogP contribution in [0.4, 0.5) is 0 Å². The smallest absolute Gasteiger partial charge is 0.191 e. The van der Waals surface area contributed by atoms with Crippen LogP contribution in [0.5, 0.6) is 0 Å². The largest absolute Gasteiger partial charge is 0.305 e. The second-order valence-electron chi connectivity index (χ2n) is 5.02. The van der Waals surface area contributed by atoms with E-state index in [-0.39, 0.29) is 0 Å². The summed E-state index contributed by atoms with van der Waals surface area (Å²) in [6.07, 6.45) is 0. The maximum atomic E-state index is 6.25. The summed E-state index contributed by atoms with van der Waals surface area (Å²) in [7, 11) is 1.97. The molecule has 0 aliphatic rings. The normalized spacial score (nSPS) is 12.3. The second kappa shape index (κ2) is 6.55. The monoisotopic (exact) mass is 329 g/mol. The molecule has 0 N–H and O–H groups in total. The lowest BCUT2D eigenvalue weighted by Gasteiger charge is -2.11. The van der Waals surface area contributed by atoms with E-state index < -0.39 is 0 Å². The molecule has 0 radical (unpaired) electrons. The summed E-state index contributed by atoms with van der Waals surface area (Å²) in [6.45, 7) is 2.17. The molecule has 0 fully saturated rings. The number of halogens is 1. The van der Waals surface area contributed by atoms with Crippen LogP contribution < -0.4 is 0 Å². The van der Waals surface area contributed by atoms with Gasteiger partial charge < -0.3 is 4.57 Å². The fourth-order valence-electron chi connectivity index (χ4n) is 2.24. The van der Waals surface area contributed by atoms with Gasteiger partial charge in [-0.1, -0.05) is 65.8 Å². The van der Waals surface area contributed by atoms with E-state index in [1.165, 1.54) is 5.56 Å². The Kier molecular flexibility index (Phi) is 4.50. The van der Waals surface area contributed by atoms with Crippen molar-refractivity contribution in [1.82, 2.24) is 14.8 Å². The summed E-state index contributed by atoms with van der Waals surface area (Å²) in [6, 6.07) is 18.1. The Balaban J connectivity index is 1.87. The van der Waals surface area contributed by atoms with Crippen molar-refractivity contribution in [2.24, 2.45) is 7.05 Å². The standard InChI is InChI=1S/C17H16ClN3S/c1-12(13-8-4-3-5-9-13)22-17-20-19-16(21(17)2)14-10-6-7-11-15(14)18/h3-12H,1-2H3/t12-/m1/s1. The van der Waals surface area contributed by atoms with Crippen LogP contribution in [0.2, 0.25) is 5.02 Å². The molecule has 0 saturated carbocycles. The minimum absolute atomic E-state index is 0.309. The van der Waals surface area contributed by atoms with Gasteiger partial charge in [-0.2, -0.15) is 0 Å². The molecule has 5 heteroatoms. The average Bonchev–Trinajstić information content (AvgIpc) is 2.90.